The van der Waals surface area contributed by atoms with Crippen LogP contribution in [0.1, 0.15) is 84.0 Å². The molecule has 3 aliphatic rings. The van der Waals surface area contributed by atoms with Crippen molar-refractivity contribution < 1.29 is 0 Å². The van der Waals surface area contributed by atoms with E-state index in [1.807, 2.05) is 0 Å². The van der Waals surface area contributed by atoms with Crippen molar-refractivity contribution in [1.82, 2.24) is 0 Å². The van der Waals surface area contributed by atoms with Crippen molar-refractivity contribution in [3.63, 3.8) is 0 Å². The molecule has 2 bridgehead atoms. The first kappa shape index (κ1) is 16.1. The van der Waals surface area contributed by atoms with E-state index in [4.69, 9.17) is 0 Å². The number of rotatable bonds is 3. The van der Waals surface area contributed by atoms with Crippen LogP contribution in [0.25, 0.3) is 0 Å². The Balaban J connectivity index is 0.000000141. The largest absolute Gasteiger partial charge is 0.176 e. The molecule has 2 atom stereocenters. The van der Waals surface area contributed by atoms with Crippen LogP contribution in [-0.2, 0) is 0 Å². The number of unbranched alkanes of at least 4 members (excludes halogenated alkanes) is 1. The van der Waals surface area contributed by atoms with E-state index in [0.717, 1.165) is 21.7 Å². The maximum absolute atomic E-state index is 4.56. The van der Waals surface area contributed by atoms with Gasteiger partial charge < -0.3 is 0 Å². The molecule has 0 radical (unpaired) electrons. The molecule has 19 heavy (non-hydrogen) atoms. The molecule has 2 saturated heterocycles. The van der Waals surface area contributed by atoms with Crippen LogP contribution in [0.2, 0.25) is 0 Å². The molecular formula is C17H32S2. The molecular weight excluding hydrogens is 268 g/mol. The van der Waals surface area contributed by atoms with E-state index in [1.54, 1.807) is 0 Å². The van der Waals surface area contributed by atoms with Crippen LogP contribution in [0.4, 0.5) is 0 Å². The molecule has 0 aromatic heterocycles. The smallest absolute Gasteiger partial charge is 0.00498 e. The lowest BCUT2D eigenvalue weighted by Crippen LogP contribution is -2.22. The second-order valence-electron chi connectivity index (χ2n) is 6.64. The second kappa shape index (κ2) is 8.87. The first-order valence-electron chi connectivity index (χ1n) is 8.63. The van der Waals surface area contributed by atoms with Crippen LogP contribution in [0.3, 0.4) is 0 Å². The highest BCUT2D eigenvalue weighted by molar-refractivity contribution is 8.00. The van der Waals surface area contributed by atoms with Gasteiger partial charge in [-0.3, -0.25) is 0 Å². The van der Waals surface area contributed by atoms with Crippen LogP contribution in [0.5, 0.6) is 0 Å². The van der Waals surface area contributed by atoms with Crippen molar-refractivity contribution in [2.75, 3.05) is 0 Å². The molecule has 0 nitrogen and oxygen atoms in total. The van der Waals surface area contributed by atoms with Gasteiger partial charge in [-0.2, -0.15) is 24.4 Å². The van der Waals surface area contributed by atoms with Crippen molar-refractivity contribution in [2.45, 2.75) is 99.7 Å². The van der Waals surface area contributed by atoms with Gasteiger partial charge in [-0.15, -0.1) is 0 Å². The van der Waals surface area contributed by atoms with Crippen molar-refractivity contribution in [3.05, 3.63) is 0 Å². The van der Waals surface area contributed by atoms with Crippen LogP contribution < -0.4 is 0 Å². The zero-order chi connectivity index (χ0) is 13.5. The lowest BCUT2D eigenvalue weighted by atomic mass is 9.99. The average molecular weight is 301 g/mol. The van der Waals surface area contributed by atoms with Crippen molar-refractivity contribution in [2.24, 2.45) is 5.92 Å². The van der Waals surface area contributed by atoms with Gasteiger partial charge in [0.1, 0.15) is 0 Å². The predicted molar refractivity (Wildman–Crippen MR) is 92.5 cm³/mol. The van der Waals surface area contributed by atoms with Crippen molar-refractivity contribution in [3.8, 4) is 0 Å². The van der Waals surface area contributed by atoms with E-state index in [0.29, 0.717) is 0 Å². The summed E-state index contributed by atoms with van der Waals surface area (Å²) in [6, 6.07) is 0. The van der Waals surface area contributed by atoms with E-state index < -0.39 is 0 Å². The number of hydrogen-bond donors (Lipinski definition) is 1. The highest BCUT2D eigenvalue weighted by Crippen LogP contribution is 2.41. The van der Waals surface area contributed by atoms with Crippen molar-refractivity contribution >= 4 is 24.4 Å². The Bertz CT molecular complexity index is 221. The summed E-state index contributed by atoms with van der Waals surface area (Å²) in [5, 5.41) is 2.86. The Hall–Kier alpha value is 0.700. The van der Waals surface area contributed by atoms with Gasteiger partial charge in [-0.1, -0.05) is 39.0 Å². The van der Waals surface area contributed by atoms with Gasteiger partial charge in [0.05, 0.1) is 0 Å². The molecule has 0 aromatic rings. The summed E-state index contributed by atoms with van der Waals surface area (Å²) in [5.74, 6) is 0.947. The number of hydrogen-bond acceptors (Lipinski definition) is 2. The Morgan fingerprint density at radius 2 is 1.47 bits per heavy atom. The molecule has 3 rings (SSSR count). The Morgan fingerprint density at radius 1 is 0.895 bits per heavy atom. The summed E-state index contributed by atoms with van der Waals surface area (Å²) < 4.78 is 0. The molecule has 2 aliphatic heterocycles. The number of thiol groups is 1. The molecule has 0 aromatic carbocycles. The van der Waals surface area contributed by atoms with Crippen LogP contribution >= 0.6 is 24.4 Å². The minimum atomic E-state index is 0.728. The van der Waals surface area contributed by atoms with E-state index in [2.05, 4.69) is 31.3 Å². The first-order chi connectivity index (χ1) is 9.29. The molecule has 0 spiro atoms. The summed E-state index contributed by atoms with van der Waals surface area (Å²) in [6.45, 7) is 2.27. The number of thioether (sulfide) groups is 1. The summed E-state index contributed by atoms with van der Waals surface area (Å²) >= 11 is 6.83. The molecule has 2 heterocycles. The monoisotopic (exact) mass is 300 g/mol. The lowest BCUT2D eigenvalue weighted by molar-refractivity contribution is 0.490. The minimum Gasteiger partial charge on any atom is -0.176 e. The van der Waals surface area contributed by atoms with Gasteiger partial charge in [0, 0.05) is 15.7 Å². The zero-order valence-electron chi connectivity index (χ0n) is 12.7. The van der Waals surface area contributed by atoms with Crippen LogP contribution in [0.15, 0.2) is 0 Å². The quantitative estimate of drug-likeness (QED) is 0.614. The third-order valence-corrected chi connectivity index (χ3v) is 7.43. The first-order valence-corrected chi connectivity index (χ1v) is 10.1. The lowest BCUT2D eigenvalue weighted by Gasteiger charge is -2.33. The zero-order valence-corrected chi connectivity index (χ0v) is 14.4. The molecule has 3 fully saturated rings. The maximum atomic E-state index is 4.56. The van der Waals surface area contributed by atoms with E-state index >= 15 is 0 Å². The fourth-order valence-electron chi connectivity index (χ4n) is 3.80. The second-order valence-corrected chi connectivity index (χ2v) is 8.91. The summed E-state index contributed by atoms with van der Waals surface area (Å²) in [4.78, 5) is 0. The fraction of sp³-hybridized carbons (Fsp3) is 1.00. The normalized spacial score (nSPS) is 37.6. The predicted octanol–water partition coefficient (Wildman–Crippen LogP) is 6.10. The molecule has 2 heteroatoms. The van der Waals surface area contributed by atoms with E-state index in [9.17, 15) is 0 Å². The van der Waals surface area contributed by atoms with Gasteiger partial charge in [0.2, 0.25) is 0 Å². The third kappa shape index (κ3) is 5.53. The highest BCUT2D eigenvalue weighted by atomic mass is 32.2. The Labute approximate surface area is 130 Å². The van der Waals surface area contributed by atoms with Crippen LogP contribution in [0, 0.1) is 5.92 Å². The average Bonchev–Trinajstić information content (AvgIpc) is 2.83. The molecule has 0 N–H and O–H groups in total. The highest BCUT2D eigenvalue weighted by Gasteiger charge is 2.25. The molecule has 0 amide bonds. The van der Waals surface area contributed by atoms with Crippen molar-refractivity contribution in [1.29, 1.82) is 0 Å². The number of fused-ring (bicyclic) bond motifs is 2. The molecule has 2 unspecified atom stereocenters. The maximum Gasteiger partial charge on any atom is 0.00498 e. The molecule has 112 valence electrons. The van der Waals surface area contributed by atoms with Gasteiger partial charge in [-0.25, -0.2) is 0 Å². The van der Waals surface area contributed by atoms with Gasteiger partial charge in [0.25, 0.3) is 0 Å². The summed E-state index contributed by atoms with van der Waals surface area (Å²) in [5.41, 5.74) is 0. The standard InChI is InChI=1S/C9H18S.C8H14S/c1-2-3-5-8-6-4-7-9(8)10;1-3-7-5-2-6-8(4-1)9-7/h8-10H,2-7H2,1H3;7-8H,1-6H2. The SMILES string of the molecule is C1CC2CCCC(C1)S2.CCCCC1CCCC1S. The Morgan fingerprint density at radius 3 is 1.89 bits per heavy atom. The summed E-state index contributed by atoms with van der Waals surface area (Å²) in [7, 11) is 0. The van der Waals surface area contributed by atoms with Crippen LogP contribution in [-0.4, -0.2) is 15.7 Å². The third-order valence-electron chi connectivity index (χ3n) is 5.04. The fourth-order valence-corrected chi connectivity index (χ4v) is 6.04. The molecule has 1 saturated carbocycles. The van der Waals surface area contributed by atoms with Gasteiger partial charge >= 0.3 is 0 Å². The minimum absolute atomic E-state index is 0.728. The Kier molecular flexibility index (Phi) is 7.51. The van der Waals surface area contributed by atoms with E-state index in [1.165, 1.54) is 77.0 Å². The topological polar surface area (TPSA) is 0 Å². The van der Waals surface area contributed by atoms with E-state index in [-0.39, 0.29) is 0 Å². The van der Waals surface area contributed by atoms with Gasteiger partial charge in [-0.05, 0) is 50.9 Å². The molecule has 1 aliphatic carbocycles. The summed E-state index contributed by atoms with van der Waals surface area (Å²) in [6.07, 6.45) is 17.5. The van der Waals surface area contributed by atoms with Gasteiger partial charge in [0.15, 0.2) is 0 Å².